The van der Waals surface area contributed by atoms with Crippen LogP contribution in [0.4, 0.5) is 0 Å². The lowest BCUT2D eigenvalue weighted by atomic mass is 9.96. The fourth-order valence-corrected chi connectivity index (χ4v) is 1.65. The average Bonchev–Trinajstić information content (AvgIpc) is 2.29. The van der Waals surface area contributed by atoms with E-state index >= 15 is 0 Å². The minimum atomic E-state index is -0.501. The topological polar surface area (TPSA) is 55.2 Å². The van der Waals surface area contributed by atoms with E-state index in [0.717, 1.165) is 23.4 Å². The van der Waals surface area contributed by atoms with Crippen LogP contribution in [-0.4, -0.2) is 28.0 Å². The molecular formula is C13H22N2O2. The van der Waals surface area contributed by atoms with Crippen molar-refractivity contribution in [3.05, 3.63) is 23.0 Å². The van der Waals surface area contributed by atoms with Crippen LogP contribution in [0.3, 0.4) is 0 Å². The van der Waals surface area contributed by atoms with Gasteiger partial charge in [0.2, 0.25) is 0 Å². The van der Waals surface area contributed by atoms with E-state index < -0.39 is 6.10 Å². The van der Waals surface area contributed by atoms with Crippen molar-refractivity contribution in [2.45, 2.75) is 52.2 Å². The molecule has 0 spiro atoms. The van der Waals surface area contributed by atoms with Crippen LogP contribution in [0.5, 0.6) is 0 Å². The Kier molecular flexibility index (Phi) is 4.60. The van der Waals surface area contributed by atoms with Crippen LogP contribution >= 0.6 is 0 Å². The van der Waals surface area contributed by atoms with Crippen molar-refractivity contribution < 1.29 is 9.84 Å². The summed E-state index contributed by atoms with van der Waals surface area (Å²) in [5.41, 5.74) is 2.28. The minimum Gasteiger partial charge on any atom is -0.388 e. The molecule has 0 aliphatic heterocycles. The number of rotatable bonds is 5. The van der Waals surface area contributed by atoms with Crippen molar-refractivity contribution in [1.82, 2.24) is 10.2 Å². The molecule has 1 atom stereocenters. The zero-order chi connectivity index (χ0) is 13.1. The predicted octanol–water partition coefficient (Wildman–Crippen LogP) is 2.33. The molecule has 0 aliphatic carbocycles. The summed E-state index contributed by atoms with van der Waals surface area (Å²) in [6.07, 6.45) is 0.955. The highest BCUT2D eigenvalue weighted by atomic mass is 16.5. The Morgan fingerprint density at radius 2 is 2.00 bits per heavy atom. The third-order valence-corrected chi connectivity index (χ3v) is 3.07. The normalized spacial score (nSPS) is 13.8. The van der Waals surface area contributed by atoms with Gasteiger partial charge in [0, 0.05) is 12.7 Å². The number of ether oxygens (including phenoxy) is 1. The van der Waals surface area contributed by atoms with Crippen LogP contribution in [-0.2, 0) is 4.74 Å². The monoisotopic (exact) mass is 238 g/mol. The molecule has 96 valence electrons. The molecule has 1 heterocycles. The molecular weight excluding hydrogens is 216 g/mol. The summed E-state index contributed by atoms with van der Waals surface area (Å²) in [7, 11) is 1.69. The van der Waals surface area contributed by atoms with Crippen LogP contribution < -0.4 is 0 Å². The number of nitrogens with zero attached hydrogens (tertiary/aromatic N) is 2. The van der Waals surface area contributed by atoms with Crippen molar-refractivity contribution in [2.24, 2.45) is 0 Å². The first kappa shape index (κ1) is 14.1. The molecule has 17 heavy (non-hydrogen) atoms. The van der Waals surface area contributed by atoms with Crippen LogP contribution in [0.25, 0.3) is 0 Å². The Bertz CT molecular complexity index is 378. The van der Waals surface area contributed by atoms with Gasteiger partial charge in [-0.3, -0.25) is 0 Å². The van der Waals surface area contributed by atoms with Crippen molar-refractivity contribution in [2.75, 3.05) is 7.11 Å². The number of methoxy groups -OCH3 is 1. The molecule has 4 nitrogen and oxygen atoms in total. The molecule has 1 rings (SSSR count). The van der Waals surface area contributed by atoms with Gasteiger partial charge >= 0.3 is 0 Å². The van der Waals surface area contributed by atoms with Gasteiger partial charge in [0.1, 0.15) is 0 Å². The summed E-state index contributed by atoms with van der Waals surface area (Å²) < 4.78 is 5.34. The van der Waals surface area contributed by atoms with E-state index in [4.69, 9.17) is 4.74 Å². The van der Waals surface area contributed by atoms with Crippen molar-refractivity contribution in [1.29, 1.82) is 0 Å². The minimum absolute atomic E-state index is 0.204. The molecule has 0 aromatic carbocycles. The first-order valence-electron chi connectivity index (χ1n) is 5.90. The first-order valence-corrected chi connectivity index (χ1v) is 5.90. The Morgan fingerprint density at radius 1 is 1.35 bits per heavy atom. The molecule has 4 heteroatoms. The van der Waals surface area contributed by atoms with Gasteiger partial charge in [0.05, 0.1) is 23.1 Å². The second-order valence-corrected chi connectivity index (χ2v) is 5.04. The van der Waals surface area contributed by atoms with Crippen LogP contribution in [0.2, 0.25) is 0 Å². The van der Waals surface area contributed by atoms with Gasteiger partial charge in [-0.05, 0) is 46.6 Å². The summed E-state index contributed by atoms with van der Waals surface area (Å²) in [5, 5.41) is 18.1. The van der Waals surface area contributed by atoms with Gasteiger partial charge in [0.25, 0.3) is 0 Å². The predicted molar refractivity (Wildman–Crippen MR) is 66.8 cm³/mol. The Hall–Kier alpha value is -1.00. The molecule has 1 aromatic heterocycles. The summed E-state index contributed by atoms with van der Waals surface area (Å²) in [5.74, 6) is 0. The molecule has 0 bridgehead atoms. The second-order valence-electron chi connectivity index (χ2n) is 5.04. The van der Waals surface area contributed by atoms with Crippen molar-refractivity contribution >= 4 is 0 Å². The lowest BCUT2D eigenvalue weighted by molar-refractivity contribution is 0.00268. The number of aromatic nitrogens is 2. The SMILES string of the molecule is COC(C)(C)CCC(O)c1cc(C)nnc1C. The third kappa shape index (κ3) is 4.06. The highest BCUT2D eigenvalue weighted by Crippen LogP contribution is 2.25. The molecule has 1 unspecified atom stereocenters. The third-order valence-electron chi connectivity index (χ3n) is 3.07. The molecule has 1 N–H and O–H groups in total. The quantitative estimate of drug-likeness (QED) is 0.855. The van der Waals surface area contributed by atoms with E-state index in [-0.39, 0.29) is 5.60 Å². The van der Waals surface area contributed by atoms with Gasteiger partial charge in [0.15, 0.2) is 0 Å². The van der Waals surface area contributed by atoms with E-state index in [1.54, 1.807) is 7.11 Å². The van der Waals surface area contributed by atoms with Crippen LogP contribution in [0.1, 0.15) is 49.7 Å². The fraction of sp³-hybridized carbons (Fsp3) is 0.692. The van der Waals surface area contributed by atoms with E-state index in [9.17, 15) is 5.11 Å². The number of hydrogen-bond donors (Lipinski definition) is 1. The van der Waals surface area contributed by atoms with E-state index in [0.29, 0.717) is 6.42 Å². The molecule has 0 aliphatic rings. The Morgan fingerprint density at radius 3 is 2.59 bits per heavy atom. The first-order chi connectivity index (χ1) is 7.85. The van der Waals surface area contributed by atoms with E-state index in [1.165, 1.54) is 0 Å². The highest BCUT2D eigenvalue weighted by molar-refractivity contribution is 5.22. The molecule has 0 radical (unpaired) electrons. The zero-order valence-corrected chi connectivity index (χ0v) is 11.3. The standard InChI is InChI=1S/C13H22N2O2/c1-9-8-11(10(2)15-14-9)12(16)6-7-13(3,4)17-5/h8,12,16H,6-7H2,1-5H3. The van der Waals surface area contributed by atoms with Crippen molar-refractivity contribution in [3.63, 3.8) is 0 Å². The molecule has 0 amide bonds. The largest absolute Gasteiger partial charge is 0.388 e. The number of hydrogen-bond acceptors (Lipinski definition) is 4. The number of aliphatic hydroxyl groups excluding tert-OH is 1. The van der Waals surface area contributed by atoms with Crippen LogP contribution in [0.15, 0.2) is 6.07 Å². The summed E-state index contributed by atoms with van der Waals surface area (Å²) in [6.45, 7) is 7.78. The van der Waals surface area contributed by atoms with E-state index in [2.05, 4.69) is 10.2 Å². The Balaban J connectivity index is 2.70. The molecule has 0 fully saturated rings. The van der Waals surface area contributed by atoms with E-state index in [1.807, 2.05) is 33.8 Å². The maximum atomic E-state index is 10.2. The average molecular weight is 238 g/mol. The lowest BCUT2D eigenvalue weighted by Gasteiger charge is -2.24. The van der Waals surface area contributed by atoms with Gasteiger partial charge < -0.3 is 9.84 Å². The van der Waals surface area contributed by atoms with Crippen molar-refractivity contribution in [3.8, 4) is 0 Å². The van der Waals surface area contributed by atoms with Gasteiger partial charge in [-0.1, -0.05) is 0 Å². The van der Waals surface area contributed by atoms with Gasteiger partial charge in [-0.2, -0.15) is 10.2 Å². The fourth-order valence-electron chi connectivity index (χ4n) is 1.65. The molecule has 0 saturated carbocycles. The van der Waals surface area contributed by atoms with Gasteiger partial charge in [-0.15, -0.1) is 0 Å². The molecule has 1 aromatic rings. The van der Waals surface area contributed by atoms with Crippen LogP contribution in [0, 0.1) is 13.8 Å². The summed E-state index contributed by atoms with van der Waals surface area (Å²) >= 11 is 0. The lowest BCUT2D eigenvalue weighted by Crippen LogP contribution is -2.23. The maximum Gasteiger partial charge on any atom is 0.0810 e. The summed E-state index contributed by atoms with van der Waals surface area (Å²) in [4.78, 5) is 0. The smallest absolute Gasteiger partial charge is 0.0810 e. The van der Waals surface area contributed by atoms with Gasteiger partial charge in [-0.25, -0.2) is 0 Å². The maximum absolute atomic E-state index is 10.2. The zero-order valence-electron chi connectivity index (χ0n) is 11.3. The highest BCUT2D eigenvalue weighted by Gasteiger charge is 2.20. The molecule has 0 saturated heterocycles. The number of aliphatic hydroxyl groups is 1. The second kappa shape index (κ2) is 5.56. The number of aryl methyl sites for hydroxylation is 2. The summed E-state index contributed by atoms with van der Waals surface area (Å²) in [6, 6.07) is 1.90. The Labute approximate surface area is 103 Å².